The van der Waals surface area contributed by atoms with Gasteiger partial charge >= 0.3 is 0 Å². The van der Waals surface area contributed by atoms with Crippen LogP contribution in [0.2, 0.25) is 0 Å². The molecule has 0 amide bonds. The molecule has 10 rings (SSSR count). The number of fused-ring (bicyclic) bond motifs is 7. The molecule has 0 saturated heterocycles. The molecule has 0 aliphatic heterocycles. The van der Waals surface area contributed by atoms with Crippen molar-refractivity contribution in [2.75, 3.05) is 5.32 Å². The maximum atomic E-state index is 6.47. The molecule has 1 aliphatic carbocycles. The minimum absolute atomic E-state index is 0.880. The Morgan fingerprint density at radius 1 is 0.490 bits per heavy atom. The normalized spacial score (nSPS) is 13.4. The van der Waals surface area contributed by atoms with E-state index in [0.29, 0.717) is 0 Å². The number of hydrogen-bond donors (Lipinski definition) is 1. The maximum absolute atomic E-state index is 6.47. The standard InChI is InChI=1S/C46H31NO2/c1-2-9-31-26-33(19-18-29(31)8-1)32-10-5-11-35(27-32)37-13-6-16-42-45(37)46-40(14-7-17-43(46)49-42)47-36-23-20-30(21-24-36)34-22-25-39-38-12-3-4-15-41(38)48-44(39)28-34/h1-4,6-10,12-28,47H,5,11H2. The van der Waals surface area contributed by atoms with E-state index in [0.717, 1.165) is 79.2 Å². The first-order valence-corrected chi connectivity index (χ1v) is 16.9. The van der Waals surface area contributed by atoms with Crippen LogP contribution in [0.4, 0.5) is 11.4 Å². The van der Waals surface area contributed by atoms with Gasteiger partial charge < -0.3 is 14.2 Å². The minimum atomic E-state index is 0.880. The number of furan rings is 2. The second-order valence-corrected chi connectivity index (χ2v) is 12.9. The highest BCUT2D eigenvalue weighted by Gasteiger charge is 2.19. The number of allylic oxidation sites excluding steroid dienone is 4. The van der Waals surface area contributed by atoms with Gasteiger partial charge in [-0.3, -0.25) is 0 Å². The van der Waals surface area contributed by atoms with Crippen molar-refractivity contribution in [3.05, 3.63) is 169 Å². The number of para-hydroxylation sites is 1. The fraction of sp³-hybridized carbons (Fsp3) is 0.0435. The molecule has 232 valence electrons. The van der Waals surface area contributed by atoms with Crippen molar-refractivity contribution in [1.82, 2.24) is 0 Å². The van der Waals surface area contributed by atoms with Crippen LogP contribution >= 0.6 is 0 Å². The Hall–Kier alpha value is -6.32. The summed E-state index contributed by atoms with van der Waals surface area (Å²) >= 11 is 0. The molecule has 0 spiro atoms. The van der Waals surface area contributed by atoms with Gasteiger partial charge in [-0.05, 0) is 112 Å². The number of anilines is 2. The molecule has 49 heavy (non-hydrogen) atoms. The van der Waals surface area contributed by atoms with Crippen LogP contribution in [0, 0.1) is 0 Å². The summed E-state index contributed by atoms with van der Waals surface area (Å²) in [7, 11) is 0. The highest BCUT2D eigenvalue weighted by atomic mass is 16.3. The maximum Gasteiger partial charge on any atom is 0.137 e. The largest absolute Gasteiger partial charge is 0.456 e. The van der Waals surface area contributed by atoms with Gasteiger partial charge in [-0.25, -0.2) is 0 Å². The lowest BCUT2D eigenvalue weighted by molar-refractivity contribution is 0.668. The van der Waals surface area contributed by atoms with Crippen LogP contribution < -0.4 is 5.32 Å². The molecule has 2 heterocycles. The smallest absolute Gasteiger partial charge is 0.137 e. The Kier molecular flexibility index (Phi) is 6.31. The lowest BCUT2D eigenvalue weighted by Crippen LogP contribution is -1.95. The van der Waals surface area contributed by atoms with Crippen LogP contribution in [-0.4, -0.2) is 0 Å². The third-order valence-corrected chi connectivity index (χ3v) is 9.93. The lowest BCUT2D eigenvalue weighted by atomic mass is 9.88. The van der Waals surface area contributed by atoms with Gasteiger partial charge in [0.15, 0.2) is 0 Å². The summed E-state index contributed by atoms with van der Waals surface area (Å²) in [5, 5.41) is 10.8. The summed E-state index contributed by atoms with van der Waals surface area (Å²) in [6, 6.07) is 51.3. The molecular formula is C46H31NO2. The predicted octanol–water partition coefficient (Wildman–Crippen LogP) is 13.3. The zero-order chi connectivity index (χ0) is 32.3. The fourth-order valence-electron chi connectivity index (χ4n) is 7.53. The first-order valence-electron chi connectivity index (χ1n) is 16.9. The zero-order valence-corrected chi connectivity index (χ0v) is 26.7. The van der Waals surface area contributed by atoms with Gasteiger partial charge in [0.1, 0.15) is 22.3 Å². The number of benzene rings is 7. The van der Waals surface area contributed by atoms with Crippen LogP contribution in [-0.2, 0) is 0 Å². The predicted molar refractivity (Wildman–Crippen MR) is 205 cm³/mol. The average Bonchev–Trinajstić information content (AvgIpc) is 3.74. The third-order valence-electron chi connectivity index (χ3n) is 9.93. The molecule has 0 atom stereocenters. The highest BCUT2D eigenvalue weighted by molar-refractivity contribution is 6.16. The molecule has 0 radical (unpaired) electrons. The van der Waals surface area contributed by atoms with E-state index in [1.807, 2.05) is 12.1 Å². The van der Waals surface area contributed by atoms with Gasteiger partial charge in [0, 0.05) is 21.8 Å². The molecule has 0 unspecified atom stereocenters. The molecule has 3 heteroatoms. The van der Waals surface area contributed by atoms with Gasteiger partial charge in [-0.2, -0.15) is 0 Å². The number of nitrogens with one attached hydrogen (secondary N) is 1. The Labute approximate surface area is 283 Å². The van der Waals surface area contributed by atoms with Gasteiger partial charge in [0.2, 0.25) is 0 Å². The van der Waals surface area contributed by atoms with Crippen molar-refractivity contribution in [2.24, 2.45) is 0 Å². The fourth-order valence-corrected chi connectivity index (χ4v) is 7.53. The molecule has 1 N–H and O–H groups in total. The monoisotopic (exact) mass is 629 g/mol. The molecule has 1 aliphatic rings. The Morgan fingerprint density at radius 2 is 1.20 bits per heavy atom. The zero-order valence-electron chi connectivity index (χ0n) is 26.7. The summed E-state index contributed by atoms with van der Waals surface area (Å²) in [5.41, 5.74) is 13.0. The van der Waals surface area contributed by atoms with Crippen molar-refractivity contribution >= 4 is 77.2 Å². The first-order chi connectivity index (χ1) is 24.2. The number of rotatable bonds is 5. The van der Waals surface area contributed by atoms with Crippen molar-refractivity contribution in [1.29, 1.82) is 0 Å². The van der Waals surface area contributed by atoms with Gasteiger partial charge in [0.05, 0.1) is 11.1 Å². The quantitative estimate of drug-likeness (QED) is 0.206. The van der Waals surface area contributed by atoms with Crippen LogP contribution in [0.5, 0.6) is 0 Å². The van der Waals surface area contributed by atoms with Crippen molar-refractivity contribution < 1.29 is 8.83 Å². The molecule has 0 saturated carbocycles. The topological polar surface area (TPSA) is 38.3 Å². The van der Waals surface area contributed by atoms with Gasteiger partial charge in [-0.1, -0.05) is 103 Å². The summed E-state index contributed by atoms with van der Waals surface area (Å²) in [5.74, 6) is 0. The summed E-state index contributed by atoms with van der Waals surface area (Å²) < 4.78 is 12.6. The van der Waals surface area contributed by atoms with Crippen LogP contribution in [0.15, 0.2) is 167 Å². The van der Waals surface area contributed by atoms with Gasteiger partial charge in [-0.15, -0.1) is 0 Å². The molecule has 2 aromatic heterocycles. The first kappa shape index (κ1) is 27.8. The van der Waals surface area contributed by atoms with E-state index < -0.39 is 0 Å². The second kappa shape index (κ2) is 11.1. The van der Waals surface area contributed by atoms with Crippen molar-refractivity contribution in [3.63, 3.8) is 0 Å². The second-order valence-electron chi connectivity index (χ2n) is 12.9. The minimum Gasteiger partial charge on any atom is -0.456 e. The van der Waals surface area contributed by atoms with E-state index in [9.17, 15) is 0 Å². The van der Waals surface area contributed by atoms with E-state index in [2.05, 4.69) is 151 Å². The van der Waals surface area contributed by atoms with Crippen LogP contribution in [0.25, 0.3) is 76.9 Å². The van der Waals surface area contributed by atoms with Crippen molar-refractivity contribution in [2.45, 2.75) is 12.8 Å². The van der Waals surface area contributed by atoms with E-state index in [-0.39, 0.29) is 0 Å². The lowest BCUT2D eigenvalue weighted by Gasteiger charge is -2.16. The third kappa shape index (κ3) is 4.74. The molecule has 3 nitrogen and oxygen atoms in total. The molecule has 0 bridgehead atoms. The Morgan fingerprint density at radius 3 is 2.12 bits per heavy atom. The van der Waals surface area contributed by atoms with E-state index >= 15 is 0 Å². The Balaban J connectivity index is 1.00. The highest BCUT2D eigenvalue weighted by Crippen LogP contribution is 2.42. The summed E-state index contributed by atoms with van der Waals surface area (Å²) in [4.78, 5) is 0. The Bertz CT molecular complexity index is 2790. The van der Waals surface area contributed by atoms with Crippen LogP contribution in [0.1, 0.15) is 24.0 Å². The molecule has 7 aromatic carbocycles. The number of hydrogen-bond acceptors (Lipinski definition) is 3. The van der Waals surface area contributed by atoms with E-state index in [1.165, 1.54) is 33.0 Å². The SMILES string of the molecule is C1=C(c2ccc3ccccc3c2)C=C(c2cccc3oc4cccc(Nc5ccc(-c6ccc7c(c6)oc6ccccc67)cc5)c4c23)CC1. The average molecular weight is 630 g/mol. The van der Waals surface area contributed by atoms with E-state index in [1.54, 1.807) is 0 Å². The summed E-state index contributed by atoms with van der Waals surface area (Å²) in [6.07, 6.45) is 6.73. The van der Waals surface area contributed by atoms with Gasteiger partial charge in [0.25, 0.3) is 0 Å². The molecule has 0 fully saturated rings. The summed E-state index contributed by atoms with van der Waals surface area (Å²) in [6.45, 7) is 0. The molecular weight excluding hydrogens is 599 g/mol. The van der Waals surface area contributed by atoms with Crippen molar-refractivity contribution in [3.8, 4) is 11.1 Å². The van der Waals surface area contributed by atoms with Crippen LogP contribution in [0.3, 0.4) is 0 Å². The molecule has 9 aromatic rings. The van der Waals surface area contributed by atoms with E-state index in [4.69, 9.17) is 8.83 Å².